The monoisotopic (exact) mass is 637 g/mol. The maximum absolute atomic E-state index is 10.3. The Morgan fingerprint density at radius 3 is 1.07 bits per heavy atom. The van der Waals surface area contributed by atoms with Crippen LogP contribution in [0, 0.1) is 19.3 Å². The molecule has 3 N–H and O–H groups in total. The van der Waals surface area contributed by atoms with Crippen molar-refractivity contribution in [2.24, 2.45) is 5.41 Å². The minimum atomic E-state index is -0.882. The van der Waals surface area contributed by atoms with E-state index in [1.807, 2.05) is 0 Å². The molecule has 0 saturated carbocycles. The van der Waals surface area contributed by atoms with Crippen molar-refractivity contribution in [3.63, 3.8) is 0 Å². The Bertz CT molecular complexity index is 1050. The van der Waals surface area contributed by atoms with Crippen LogP contribution < -0.4 is 9.05 Å². The Morgan fingerprint density at radius 1 is 0.581 bits per heavy atom. The lowest BCUT2D eigenvalue weighted by molar-refractivity contribution is -0.0146. The smallest absolute Gasteiger partial charge is 0.215 e. The van der Waals surface area contributed by atoms with E-state index in [0.717, 1.165) is 33.8 Å². The number of aliphatic hydroxyl groups is 1. The molecule has 0 heterocycles. The van der Waals surface area contributed by atoms with Crippen LogP contribution >= 0.6 is 18.1 Å². The fourth-order valence-corrected chi connectivity index (χ4v) is 6.25. The fraction of sp³-hybridized carbons (Fsp3) is 0.657. The number of hydrogen-bond acceptors (Lipinski definition) is 5. The Labute approximate surface area is 265 Å². The van der Waals surface area contributed by atoms with Gasteiger partial charge in [0.25, 0.3) is 0 Å². The zero-order chi connectivity index (χ0) is 33.0. The first-order chi connectivity index (χ1) is 19.6. The lowest BCUT2D eigenvalue weighted by Crippen LogP contribution is -2.38. The summed E-state index contributed by atoms with van der Waals surface area (Å²) < 4.78 is 24.7. The lowest BCUT2D eigenvalue weighted by Gasteiger charge is -2.31. The molecular formula is C35H59O6P2+. The molecule has 2 aromatic carbocycles. The first-order valence-corrected chi connectivity index (χ1v) is 16.8. The molecule has 2 rings (SSSR count). The third-order valence-corrected chi connectivity index (χ3v) is 8.67. The van der Waals surface area contributed by atoms with Crippen LogP contribution in [0.4, 0.5) is 0 Å². The average molecular weight is 638 g/mol. The van der Waals surface area contributed by atoms with Gasteiger partial charge in [-0.1, -0.05) is 118 Å². The summed E-state index contributed by atoms with van der Waals surface area (Å²) in [7, 11) is -0.554. The molecule has 2 aromatic rings. The van der Waals surface area contributed by atoms with E-state index in [9.17, 15) is 5.11 Å². The van der Waals surface area contributed by atoms with E-state index in [4.69, 9.17) is 23.2 Å². The second-order valence-electron chi connectivity index (χ2n) is 16.2. The quantitative estimate of drug-likeness (QED) is 0.143. The normalized spacial score (nSPS) is 15.1. The zero-order valence-electron chi connectivity index (χ0n) is 29.2. The van der Waals surface area contributed by atoms with Crippen LogP contribution in [0.25, 0.3) is 0 Å². The van der Waals surface area contributed by atoms with Gasteiger partial charge in [0.2, 0.25) is 18.1 Å². The minimum Gasteiger partial charge on any atom is -0.449 e. The first kappa shape index (κ1) is 37.9. The molecule has 0 aromatic heterocycles. The molecule has 2 atom stereocenters. The molecule has 0 bridgehead atoms. The Kier molecular flexibility index (Phi) is 12.7. The second kappa shape index (κ2) is 14.4. The molecule has 244 valence electrons. The molecule has 8 heteroatoms. The lowest BCUT2D eigenvalue weighted by atomic mass is 9.78. The van der Waals surface area contributed by atoms with Crippen LogP contribution in [0.3, 0.4) is 0 Å². The molecule has 0 spiro atoms. The SMILES string of the molecule is Cc1cc(C(C)(C)C)c(OPOCC(CO)(C[OH2+])COPOc2c(C(C)(C)C)cc(C)cc2C(C)(C)C)c(C(C)(C)C)c1. The van der Waals surface area contributed by atoms with E-state index in [2.05, 4.69) is 121 Å². The van der Waals surface area contributed by atoms with Crippen LogP contribution in [0.1, 0.15) is 116 Å². The van der Waals surface area contributed by atoms with Crippen molar-refractivity contribution in [3.05, 3.63) is 57.6 Å². The number of rotatable bonds is 12. The number of hydrogen-bond donors (Lipinski definition) is 1. The van der Waals surface area contributed by atoms with Gasteiger partial charge in [0, 0.05) is 22.3 Å². The van der Waals surface area contributed by atoms with Gasteiger partial charge in [-0.15, -0.1) is 0 Å². The fourth-order valence-electron chi connectivity index (χ4n) is 4.79. The molecule has 43 heavy (non-hydrogen) atoms. The summed E-state index contributed by atoms with van der Waals surface area (Å²) in [6.07, 6.45) is 0. The van der Waals surface area contributed by atoms with Gasteiger partial charge in [-0.2, -0.15) is 0 Å². The summed E-state index contributed by atoms with van der Waals surface area (Å²) in [5.41, 5.74) is 5.68. The number of aryl methyl sites for hydroxylation is 2. The van der Waals surface area contributed by atoms with Gasteiger partial charge in [-0.25, -0.2) is 0 Å². The molecule has 0 amide bonds. The van der Waals surface area contributed by atoms with Crippen LogP contribution in [-0.2, 0) is 30.7 Å². The highest BCUT2D eigenvalue weighted by molar-refractivity contribution is 7.27. The third kappa shape index (κ3) is 10.4. The van der Waals surface area contributed by atoms with Crippen molar-refractivity contribution in [1.82, 2.24) is 0 Å². The Balaban J connectivity index is 2.15. The van der Waals surface area contributed by atoms with Crippen LogP contribution in [-0.4, -0.2) is 36.6 Å². The van der Waals surface area contributed by atoms with Crippen molar-refractivity contribution >= 4 is 18.1 Å². The maximum atomic E-state index is 10.3. The van der Waals surface area contributed by atoms with Gasteiger partial charge in [0.1, 0.15) is 16.9 Å². The van der Waals surface area contributed by atoms with E-state index in [1.165, 1.54) is 11.1 Å². The summed E-state index contributed by atoms with van der Waals surface area (Å²) in [4.78, 5) is 0. The second-order valence-corrected chi connectivity index (χ2v) is 17.5. The predicted octanol–water partition coefficient (Wildman–Crippen LogP) is 8.70. The van der Waals surface area contributed by atoms with Gasteiger partial charge in [-0.05, 0) is 35.5 Å². The highest BCUT2D eigenvalue weighted by Crippen LogP contribution is 2.45. The minimum absolute atomic E-state index is 0.0471. The largest absolute Gasteiger partial charge is 0.449 e. The van der Waals surface area contributed by atoms with Gasteiger partial charge in [-0.3, -0.25) is 0 Å². The highest BCUT2D eigenvalue weighted by atomic mass is 31.1. The molecule has 0 radical (unpaired) electrons. The van der Waals surface area contributed by atoms with Gasteiger partial charge < -0.3 is 28.3 Å². The summed E-state index contributed by atoms with van der Waals surface area (Å²) in [6.45, 7) is 30.5. The van der Waals surface area contributed by atoms with Crippen molar-refractivity contribution in [1.29, 1.82) is 0 Å². The maximum Gasteiger partial charge on any atom is 0.215 e. The van der Waals surface area contributed by atoms with E-state index >= 15 is 0 Å². The van der Waals surface area contributed by atoms with Crippen LogP contribution in [0.2, 0.25) is 0 Å². The summed E-state index contributed by atoms with van der Waals surface area (Å²) >= 11 is 0. The van der Waals surface area contributed by atoms with Gasteiger partial charge >= 0.3 is 0 Å². The molecule has 6 nitrogen and oxygen atoms in total. The highest BCUT2D eigenvalue weighted by Gasteiger charge is 2.35. The van der Waals surface area contributed by atoms with E-state index in [1.54, 1.807) is 0 Å². The molecule has 0 aliphatic rings. The molecule has 2 unspecified atom stereocenters. The predicted molar refractivity (Wildman–Crippen MR) is 185 cm³/mol. The van der Waals surface area contributed by atoms with E-state index < -0.39 is 5.41 Å². The Hall–Kier alpha value is -1.26. The molecule has 0 fully saturated rings. The van der Waals surface area contributed by atoms with Gasteiger partial charge in [0.05, 0.1) is 19.8 Å². The standard InChI is InChI=1S/C35H58O6P2/c1-23-15-25(31(3,4)5)29(26(16-23)32(6,7)8)40-42-38-21-35(19-36,20-37)22-39-43-41-30-27(33(9,10)11)17-24(2)18-28(30)34(12,13)14/h15-18,36-37,42-43H,19-22H2,1-14H3/p+1. The number of aliphatic hydroxyl groups excluding tert-OH is 1. The average Bonchev–Trinajstić information content (AvgIpc) is 2.86. The van der Waals surface area contributed by atoms with Gasteiger partial charge in [0.15, 0.2) is 6.61 Å². The number of benzene rings is 2. The Morgan fingerprint density at radius 2 is 0.860 bits per heavy atom. The van der Waals surface area contributed by atoms with Crippen LogP contribution in [0.5, 0.6) is 11.5 Å². The van der Waals surface area contributed by atoms with Crippen molar-refractivity contribution in [2.75, 3.05) is 26.4 Å². The zero-order valence-corrected chi connectivity index (χ0v) is 31.2. The molecule has 0 aliphatic carbocycles. The summed E-state index contributed by atoms with van der Waals surface area (Å²) in [6, 6.07) is 8.76. The van der Waals surface area contributed by atoms with E-state index in [-0.39, 0.29) is 66.2 Å². The summed E-state index contributed by atoms with van der Waals surface area (Å²) in [5.74, 6) is 1.72. The van der Waals surface area contributed by atoms with Crippen molar-refractivity contribution in [2.45, 2.75) is 119 Å². The molecule has 0 aliphatic heterocycles. The van der Waals surface area contributed by atoms with Crippen molar-refractivity contribution in [3.8, 4) is 11.5 Å². The van der Waals surface area contributed by atoms with Crippen molar-refractivity contribution < 1.29 is 28.3 Å². The summed E-state index contributed by atoms with van der Waals surface area (Å²) in [5, 5.41) is 18.5. The molecule has 0 saturated heterocycles. The third-order valence-electron chi connectivity index (χ3n) is 7.57. The first-order valence-electron chi connectivity index (χ1n) is 15.2. The topological polar surface area (TPSA) is 80.0 Å². The molecular weight excluding hydrogens is 578 g/mol. The van der Waals surface area contributed by atoms with Crippen LogP contribution in [0.15, 0.2) is 24.3 Å². The van der Waals surface area contributed by atoms with E-state index in [0.29, 0.717) is 0 Å².